The van der Waals surface area contributed by atoms with Crippen molar-refractivity contribution in [1.82, 2.24) is 4.90 Å². The fourth-order valence-electron chi connectivity index (χ4n) is 3.20. The van der Waals surface area contributed by atoms with E-state index >= 15 is 0 Å². The van der Waals surface area contributed by atoms with Gasteiger partial charge >= 0.3 is 11.8 Å². The summed E-state index contributed by atoms with van der Waals surface area (Å²) in [5, 5.41) is 2.70. The van der Waals surface area contributed by atoms with Crippen molar-refractivity contribution in [3.05, 3.63) is 52.6 Å². The molecule has 1 N–H and O–H groups in total. The van der Waals surface area contributed by atoms with E-state index in [1.165, 1.54) is 0 Å². The molecule has 0 fully saturated rings. The van der Waals surface area contributed by atoms with Gasteiger partial charge in [-0.05, 0) is 66.8 Å². The fourth-order valence-corrected chi connectivity index (χ4v) is 3.20. The van der Waals surface area contributed by atoms with Crippen molar-refractivity contribution < 1.29 is 19.1 Å². The molecule has 0 saturated carbocycles. The highest BCUT2D eigenvalue weighted by molar-refractivity contribution is 6.39. The summed E-state index contributed by atoms with van der Waals surface area (Å²) in [5.74, 6) is 0.129. The third-order valence-corrected chi connectivity index (χ3v) is 4.96. The van der Waals surface area contributed by atoms with E-state index in [1.807, 2.05) is 38.1 Å². The number of hydrogen-bond acceptors (Lipinski definition) is 4. The van der Waals surface area contributed by atoms with E-state index in [0.717, 1.165) is 22.3 Å². The summed E-state index contributed by atoms with van der Waals surface area (Å²) in [6.45, 7) is 4.83. The van der Waals surface area contributed by atoms with Gasteiger partial charge in [0, 0.05) is 18.8 Å². The summed E-state index contributed by atoms with van der Waals surface area (Å²) in [6, 6.07) is 9.39. The molecule has 0 aromatic heterocycles. The lowest BCUT2D eigenvalue weighted by Crippen LogP contribution is -2.42. The number of amides is 2. The van der Waals surface area contributed by atoms with Gasteiger partial charge in [0.2, 0.25) is 0 Å². The highest BCUT2D eigenvalue weighted by atomic mass is 16.5. The maximum Gasteiger partial charge on any atom is 0.313 e. The number of nitrogens with one attached hydrogen (secondary N) is 1. The third kappa shape index (κ3) is 3.89. The van der Waals surface area contributed by atoms with Crippen molar-refractivity contribution in [2.45, 2.75) is 26.8 Å². The Morgan fingerprint density at radius 1 is 0.963 bits per heavy atom. The van der Waals surface area contributed by atoms with Gasteiger partial charge in [0.05, 0.1) is 14.2 Å². The normalized spacial score (nSPS) is 13.0. The summed E-state index contributed by atoms with van der Waals surface area (Å²) in [6.07, 6.45) is 0.665. The SMILES string of the molecule is COc1cc2c(cc1OC)CN(C(=O)C(=O)Nc1ccc(C)c(C)c1)CC2. The molecule has 0 unspecified atom stereocenters. The van der Waals surface area contributed by atoms with Gasteiger partial charge in [0.25, 0.3) is 0 Å². The zero-order chi connectivity index (χ0) is 19.6. The number of methoxy groups -OCH3 is 2. The molecule has 0 atom stereocenters. The lowest BCUT2D eigenvalue weighted by molar-refractivity contribution is -0.143. The number of fused-ring (bicyclic) bond motifs is 1. The second kappa shape index (κ2) is 7.70. The summed E-state index contributed by atoms with van der Waals surface area (Å²) in [5.41, 5.74) is 4.89. The highest BCUT2D eigenvalue weighted by Crippen LogP contribution is 2.33. The van der Waals surface area contributed by atoms with E-state index < -0.39 is 11.8 Å². The molecule has 2 aromatic rings. The number of rotatable bonds is 3. The fraction of sp³-hybridized carbons (Fsp3) is 0.333. The Kier molecular flexibility index (Phi) is 5.35. The number of carbonyl (C=O) groups excluding carboxylic acids is 2. The van der Waals surface area contributed by atoms with Gasteiger partial charge in [-0.2, -0.15) is 0 Å². The van der Waals surface area contributed by atoms with E-state index in [9.17, 15) is 9.59 Å². The number of benzene rings is 2. The molecule has 0 bridgehead atoms. The van der Waals surface area contributed by atoms with E-state index in [0.29, 0.717) is 36.7 Å². The number of nitrogens with zero attached hydrogens (tertiary/aromatic N) is 1. The molecule has 27 heavy (non-hydrogen) atoms. The van der Waals surface area contributed by atoms with Crippen LogP contribution in [0.15, 0.2) is 30.3 Å². The number of hydrogen-bond donors (Lipinski definition) is 1. The first kappa shape index (κ1) is 18.8. The summed E-state index contributed by atoms with van der Waals surface area (Å²) < 4.78 is 10.7. The van der Waals surface area contributed by atoms with Crippen molar-refractivity contribution in [1.29, 1.82) is 0 Å². The van der Waals surface area contributed by atoms with E-state index in [1.54, 1.807) is 25.2 Å². The molecular weight excluding hydrogens is 344 g/mol. The average molecular weight is 368 g/mol. The Bertz CT molecular complexity index is 892. The minimum Gasteiger partial charge on any atom is -0.493 e. The number of ether oxygens (including phenoxy) is 2. The van der Waals surface area contributed by atoms with Gasteiger partial charge in [-0.1, -0.05) is 6.07 Å². The van der Waals surface area contributed by atoms with Crippen LogP contribution in [0.5, 0.6) is 11.5 Å². The molecule has 3 rings (SSSR count). The van der Waals surface area contributed by atoms with Crippen LogP contribution in [0.2, 0.25) is 0 Å². The molecule has 0 aliphatic carbocycles. The average Bonchev–Trinajstić information content (AvgIpc) is 2.68. The van der Waals surface area contributed by atoms with Gasteiger partial charge in [0.1, 0.15) is 0 Å². The quantitative estimate of drug-likeness (QED) is 0.846. The molecule has 1 aliphatic rings. The molecule has 2 aromatic carbocycles. The van der Waals surface area contributed by atoms with E-state index in [-0.39, 0.29) is 0 Å². The smallest absolute Gasteiger partial charge is 0.313 e. The Hall–Kier alpha value is -3.02. The van der Waals surface area contributed by atoms with Crippen molar-refractivity contribution in [3.8, 4) is 11.5 Å². The molecular formula is C21H24N2O4. The summed E-state index contributed by atoms with van der Waals surface area (Å²) in [4.78, 5) is 26.6. The monoisotopic (exact) mass is 368 g/mol. The highest BCUT2D eigenvalue weighted by Gasteiger charge is 2.27. The molecule has 0 saturated heterocycles. The second-order valence-electron chi connectivity index (χ2n) is 6.71. The van der Waals surface area contributed by atoms with Gasteiger partial charge < -0.3 is 19.7 Å². The Balaban J connectivity index is 1.73. The van der Waals surface area contributed by atoms with Gasteiger partial charge in [0.15, 0.2) is 11.5 Å². The van der Waals surface area contributed by atoms with Crippen LogP contribution in [0.4, 0.5) is 5.69 Å². The Morgan fingerprint density at radius 2 is 1.63 bits per heavy atom. The first-order valence-corrected chi connectivity index (χ1v) is 8.84. The topological polar surface area (TPSA) is 67.9 Å². The number of aryl methyl sites for hydroxylation is 2. The Morgan fingerprint density at radius 3 is 2.26 bits per heavy atom. The van der Waals surface area contributed by atoms with Crippen LogP contribution in [0.25, 0.3) is 0 Å². The molecule has 142 valence electrons. The van der Waals surface area contributed by atoms with E-state index in [2.05, 4.69) is 5.32 Å². The van der Waals surface area contributed by atoms with Crippen molar-refractivity contribution in [2.24, 2.45) is 0 Å². The van der Waals surface area contributed by atoms with Crippen LogP contribution >= 0.6 is 0 Å². The predicted octanol–water partition coefficient (Wildman–Crippen LogP) is 2.84. The predicted molar refractivity (Wildman–Crippen MR) is 103 cm³/mol. The summed E-state index contributed by atoms with van der Waals surface area (Å²) >= 11 is 0. The molecule has 6 heteroatoms. The number of anilines is 1. The van der Waals surface area contributed by atoms with Crippen LogP contribution in [-0.2, 0) is 22.6 Å². The molecule has 0 radical (unpaired) electrons. The van der Waals surface area contributed by atoms with Crippen LogP contribution in [0.3, 0.4) is 0 Å². The molecule has 0 spiro atoms. The van der Waals surface area contributed by atoms with Gasteiger partial charge in [-0.3, -0.25) is 9.59 Å². The molecule has 6 nitrogen and oxygen atoms in total. The third-order valence-electron chi connectivity index (χ3n) is 4.96. The first-order valence-electron chi connectivity index (χ1n) is 8.84. The zero-order valence-corrected chi connectivity index (χ0v) is 16.1. The van der Waals surface area contributed by atoms with Crippen LogP contribution < -0.4 is 14.8 Å². The number of carbonyl (C=O) groups is 2. The maximum absolute atomic E-state index is 12.6. The minimum absolute atomic E-state index is 0.370. The van der Waals surface area contributed by atoms with Crippen LogP contribution in [0, 0.1) is 13.8 Å². The van der Waals surface area contributed by atoms with Gasteiger partial charge in [-0.15, -0.1) is 0 Å². The second-order valence-corrected chi connectivity index (χ2v) is 6.71. The van der Waals surface area contributed by atoms with E-state index in [4.69, 9.17) is 9.47 Å². The summed E-state index contributed by atoms with van der Waals surface area (Å²) in [7, 11) is 3.17. The molecule has 2 amide bonds. The molecule has 1 aliphatic heterocycles. The first-order chi connectivity index (χ1) is 12.9. The largest absolute Gasteiger partial charge is 0.493 e. The maximum atomic E-state index is 12.6. The zero-order valence-electron chi connectivity index (χ0n) is 16.1. The lowest BCUT2D eigenvalue weighted by atomic mass is 9.98. The van der Waals surface area contributed by atoms with Crippen LogP contribution in [0.1, 0.15) is 22.3 Å². The molecule has 1 heterocycles. The van der Waals surface area contributed by atoms with Gasteiger partial charge in [-0.25, -0.2) is 0 Å². The Labute approximate surface area is 159 Å². The minimum atomic E-state index is -0.623. The standard InChI is InChI=1S/C21H24N2O4/c1-13-5-6-17(9-14(13)2)22-20(24)21(25)23-8-7-15-10-18(26-3)19(27-4)11-16(15)12-23/h5-6,9-11H,7-8,12H2,1-4H3,(H,22,24). The lowest BCUT2D eigenvalue weighted by Gasteiger charge is -2.29. The van der Waals surface area contributed by atoms with Crippen molar-refractivity contribution >= 4 is 17.5 Å². The van der Waals surface area contributed by atoms with Crippen molar-refractivity contribution in [3.63, 3.8) is 0 Å². The van der Waals surface area contributed by atoms with Crippen LogP contribution in [-0.4, -0.2) is 37.5 Å². The van der Waals surface area contributed by atoms with Crippen molar-refractivity contribution in [2.75, 3.05) is 26.1 Å².